The number of ketones is 1. The number of anilines is 1. The molecule has 0 fully saturated rings. The Morgan fingerprint density at radius 2 is 2.00 bits per heavy atom. The first-order chi connectivity index (χ1) is 11.0. The van der Waals surface area contributed by atoms with Gasteiger partial charge in [0.2, 0.25) is 0 Å². The van der Waals surface area contributed by atoms with E-state index in [0.717, 1.165) is 6.07 Å². The summed E-state index contributed by atoms with van der Waals surface area (Å²) in [7, 11) is 1.65. The molecule has 0 aromatic heterocycles. The minimum Gasteiger partial charge on any atom is -0.484 e. The fourth-order valence-corrected chi connectivity index (χ4v) is 2.76. The van der Waals surface area contributed by atoms with E-state index in [-0.39, 0.29) is 24.3 Å². The van der Waals surface area contributed by atoms with Gasteiger partial charge in [0.05, 0.1) is 5.69 Å². The molecular formula is C17H13F2NO3. The van der Waals surface area contributed by atoms with Gasteiger partial charge < -0.3 is 9.64 Å². The third-order valence-electron chi connectivity index (χ3n) is 3.77. The number of fused-ring (bicyclic) bond motifs is 2. The average Bonchev–Trinajstić information content (AvgIpc) is 2.66. The normalized spacial score (nSPS) is 13.2. The molecule has 0 aliphatic carbocycles. The molecule has 0 bridgehead atoms. The van der Waals surface area contributed by atoms with Crippen LogP contribution >= 0.6 is 0 Å². The molecule has 0 radical (unpaired) electrons. The summed E-state index contributed by atoms with van der Waals surface area (Å²) in [4.78, 5) is 24.9. The van der Waals surface area contributed by atoms with Gasteiger partial charge in [0.25, 0.3) is 0 Å². The zero-order chi connectivity index (χ0) is 16.6. The van der Waals surface area contributed by atoms with Crippen LogP contribution in [0.25, 0.3) is 0 Å². The van der Waals surface area contributed by atoms with E-state index in [4.69, 9.17) is 4.74 Å². The monoisotopic (exact) mass is 317 g/mol. The topological polar surface area (TPSA) is 46.6 Å². The van der Waals surface area contributed by atoms with Crippen LogP contribution in [0.5, 0.6) is 5.75 Å². The highest BCUT2D eigenvalue weighted by Gasteiger charge is 2.29. The predicted molar refractivity (Wildman–Crippen MR) is 79.9 cm³/mol. The lowest BCUT2D eigenvalue weighted by molar-refractivity contribution is -0.109. The number of hydrogen-bond acceptors (Lipinski definition) is 4. The Bertz CT molecular complexity index is 805. The first-order valence-corrected chi connectivity index (χ1v) is 6.96. The molecule has 118 valence electrons. The van der Waals surface area contributed by atoms with Crippen molar-refractivity contribution in [1.82, 2.24) is 0 Å². The van der Waals surface area contributed by atoms with Crippen molar-refractivity contribution in [2.75, 3.05) is 18.6 Å². The molecule has 0 amide bonds. The van der Waals surface area contributed by atoms with Gasteiger partial charge in [-0.05, 0) is 24.3 Å². The van der Waals surface area contributed by atoms with Crippen molar-refractivity contribution in [3.63, 3.8) is 0 Å². The van der Waals surface area contributed by atoms with Gasteiger partial charge in [-0.3, -0.25) is 9.59 Å². The second-order valence-corrected chi connectivity index (χ2v) is 5.20. The van der Waals surface area contributed by atoms with Crippen LogP contribution in [-0.2, 0) is 11.3 Å². The Balaban J connectivity index is 2.19. The molecule has 0 atom stereocenters. The van der Waals surface area contributed by atoms with Crippen LogP contribution in [0.4, 0.5) is 14.5 Å². The van der Waals surface area contributed by atoms with E-state index in [1.807, 2.05) is 0 Å². The number of benzene rings is 2. The molecule has 0 saturated carbocycles. The van der Waals surface area contributed by atoms with Crippen LogP contribution in [0.2, 0.25) is 0 Å². The van der Waals surface area contributed by atoms with Crippen LogP contribution in [0, 0.1) is 11.6 Å². The van der Waals surface area contributed by atoms with Crippen molar-refractivity contribution >= 4 is 17.8 Å². The van der Waals surface area contributed by atoms with Gasteiger partial charge in [-0.25, -0.2) is 8.78 Å². The summed E-state index contributed by atoms with van der Waals surface area (Å²) in [6, 6.07) is 7.08. The van der Waals surface area contributed by atoms with Crippen LogP contribution < -0.4 is 9.64 Å². The number of aldehydes is 1. The number of halogens is 2. The van der Waals surface area contributed by atoms with Crippen molar-refractivity contribution in [3.8, 4) is 5.75 Å². The van der Waals surface area contributed by atoms with Gasteiger partial charge in [0.15, 0.2) is 23.7 Å². The molecule has 23 heavy (non-hydrogen) atoms. The van der Waals surface area contributed by atoms with E-state index in [9.17, 15) is 18.4 Å². The summed E-state index contributed by atoms with van der Waals surface area (Å²) in [6.07, 6.45) is 0.599. The number of hydrogen-bond donors (Lipinski definition) is 0. The van der Waals surface area contributed by atoms with Crippen molar-refractivity contribution in [2.24, 2.45) is 0 Å². The third-order valence-corrected chi connectivity index (χ3v) is 3.77. The molecule has 1 aliphatic heterocycles. The maximum Gasteiger partial charge on any atom is 0.195 e. The maximum atomic E-state index is 14.1. The van der Waals surface area contributed by atoms with Gasteiger partial charge in [0, 0.05) is 30.3 Å². The van der Waals surface area contributed by atoms with Crippen molar-refractivity contribution in [2.45, 2.75) is 6.54 Å². The first-order valence-electron chi connectivity index (χ1n) is 6.96. The molecule has 0 unspecified atom stereocenters. The third kappa shape index (κ3) is 2.46. The molecule has 0 spiro atoms. The van der Waals surface area contributed by atoms with Gasteiger partial charge in [0.1, 0.15) is 12.4 Å². The molecule has 2 aromatic carbocycles. The maximum absolute atomic E-state index is 14.1. The highest BCUT2D eigenvalue weighted by molar-refractivity contribution is 6.14. The lowest BCUT2D eigenvalue weighted by Gasteiger charge is -2.22. The summed E-state index contributed by atoms with van der Waals surface area (Å²) in [5, 5.41) is 0. The fourth-order valence-electron chi connectivity index (χ4n) is 2.76. The number of carbonyl (C=O) groups excluding carboxylic acids is 2. The lowest BCUT2D eigenvalue weighted by atomic mass is 9.98. The zero-order valence-electron chi connectivity index (χ0n) is 12.3. The Labute approximate surface area is 131 Å². The summed E-state index contributed by atoms with van der Waals surface area (Å²) in [5.41, 5.74) is 0.910. The molecular weight excluding hydrogens is 304 g/mol. The van der Waals surface area contributed by atoms with Crippen molar-refractivity contribution in [1.29, 1.82) is 0 Å². The molecule has 1 heterocycles. The smallest absolute Gasteiger partial charge is 0.195 e. The Hall–Kier alpha value is -2.76. The number of para-hydroxylation sites is 1. The van der Waals surface area contributed by atoms with Crippen molar-refractivity contribution in [3.05, 3.63) is 58.7 Å². The average molecular weight is 317 g/mol. The van der Waals surface area contributed by atoms with Crippen molar-refractivity contribution < 1.29 is 23.1 Å². The zero-order valence-corrected chi connectivity index (χ0v) is 12.3. The van der Waals surface area contributed by atoms with Gasteiger partial charge >= 0.3 is 0 Å². The summed E-state index contributed by atoms with van der Waals surface area (Å²) in [5.74, 6) is -2.08. The van der Waals surface area contributed by atoms with E-state index in [1.165, 1.54) is 6.07 Å². The molecule has 1 aliphatic rings. The van der Waals surface area contributed by atoms with Crippen LogP contribution in [0.1, 0.15) is 21.5 Å². The van der Waals surface area contributed by atoms with Crippen LogP contribution in [-0.4, -0.2) is 25.7 Å². The number of ether oxygens (including phenoxy) is 1. The molecule has 2 aromatic rings. The van der Waals surface area contributed by atoms with E-state index >= 15 is 0 Å². The number of carbonyl (C=O) groups is 2. The standard InChI is InChI=1S/C17H13F2NO3/c1-20-9-12-10(5-6-13(18)15(12)19)17(22)11-3-2-4-14(16(11)20)23-8-7-21/h2-7H,8-9H2,1H3. The highest BCUT2D eigenvalue weighted by Crippen LogP contribution is 2.37. The van der Waals surface area contributed by atoms with Gasteiger partial charge in [-0.2, -0.15) is 0 Å². The largest absolute Gasteiger partial charge is 0.484 e. The first kappa shape index (κ1) is 15.1. The second-order valence-electron chi connectivity index (χ2n) is 5.20. The van der Waals surface area contributed by atoms with Gasteiger partial charge in [-0.1, -0.05) is 6.07 Å². The second kappa shape index (κ2) is 5.79. The quantitative estimate of drug-likeness (QED) is 0.817. The van der Waals surface area contributed by atoms with E-state index in [2.05, 4.69) is 0 Å². The lowest BCUT2D eigenvalue weighted by Crippen LogP contribution is -2.19. The Morgan fingerprint density at radius 3 is 2.74 bits per heavy atom. The summed E-state index contributed by atoms with van der Waals surface area (Å²) >= 11 is 0. The molecule has 4 nitrogen and oxygen atoms in total. The minimum absolute atomic E-state index is 0.00929. The number of nitrogens with zero attached hydrogens (tertiary/aromatic N) is 1. The van der Waals surface area contributed by atoms with Gasteiger partial charge in [-0.15, -0.1) is 0 Å². The number of rotatable bonds is 3. The summed E-state index contributed by atoms with van der Waals surface area (Å²) < 4.78 is 33.0. The van der Waals surface area contributed by atoms with Crippen LogP contribution in [0.3, 0.4) is 0 Å². The highest BCUT2D eigenvalue weighted by atomic mass is 19.2. The Kier molecular flexibility index (Phi) is 3.82. The van der Waals surface area contributed by atoms with E-state index in [1.54, 1.807) is 30.1 Å². The van der Waals surface area contributed by atoms with E-state index < -0.39 is 17.4 Å². The van der Waals surface area contributed by atoms with Crippen LogP contribution in [0.15, 0.2) is 30.3 Å². The molecule has 3 rings (SSSR count). The predicted octanol–water partition coefficient (Wildman–Crippen LogP) is 2.72. The minimum atomic E-state index is -1.02. The molecule has 0 N–H and O–H groups in total. The Morgan fingerprint density at radius 1 is 1.22 bits per heavy atom. The summed E-state index contributed by atoms with van der Waals surface area (Å²) in [6.45, 7) is -0.145. The SMILES string of the molecule is CN1Cc2c(ccc(F)c2F)C(=O)c2cccc(OCC=O)c21. The molecule has 0 saturated heterocycles. The van der Waals surface area contributed by atoms with E-state index in [0.29, 0.717) is 23.3 Å². The fraction of sp³-hybridized carbons (Fsp3) is 0.176. The molecule has 6 heteroatoms.